The molecule has 0 aliphatic heterocycles. The molecule has 140 valence electrons. The summed E-state index contributed by atoms with van der Waals surface area (Å²) in [5, 5.41) is 0. The van der Waals surface area contributed by atoms with Gasteiger partial charge >= 0.3 is 11.9 Å². The standard InChI is InChI=1S/C19H28O6/c1-6-13(2)15-7-9-16(10-8-15)25-14(3)24-12-11-17(18(20)22-4)19(21)23-5/h7-10,13-14,17H,6,11-12H2,1-5H3. The molecule has 6 heteroatoms. The van der Waals surface area contributed by atoms with E-state index in [1.807, 2.05) is 24.3 Å². The molecule has 6 nitrogen and oxygen atoms in total. The van der Waals surface area contributed by atoms with Crippen molar-refractivity contribution in [1.82, 2.24) is 0 Å². The summed E-state index contributed by atoms with van der Waals surface area (Å²) < 4.78 is 20.4. The van der Waals surface area contributed by atoms with Gasteiger partial charge in [-0.3, -0.25) is 9.59 Å². The van der Waals surface area contributed by atoms with Crippen molar-refractivity contribution in [1.29, 1.82) is 0 Å². The van der Waals surface area contributed by atoms with Gasteiger partial charge in [-0.15, -0.1) is 0 Å². The van der Waals surface area contributed by atoms with Crippen molar-refractivity contribution in [3.63, 3.8) is 0 Å². The molecule has 0 N–H and O–H groups in total. The highest BCUT2D eigenvalue weighted by atomic mass is 16.7. The molecule has 0 radical (unpaired) electrons. The van der Waals surface area contributed by atoms with E-state index in [0.29, 0.717) is 11.7 Å². The zero-order chi connectivity index (χ0) is 18.8. The average Bonchev–Trinajstić information content (AvgIpc) is 2.64. The second kappa shape index (κ2) is 10.7. The van der Waals surface area contributed by atoms with Crippen molar-refractivity contribution in [2.75, 3.05) is 20.8 Å². The van der Waals surface area contributed by atoms with Crippen molar-refractivity contribution in [3.05, 3.63) is 29.8 Å². The van der Waals surface area contributed by atoms with E-state index in [9.17, 15) is 9.59 Å². The number of hydrogen-bond acceptors (Lipinski definition) is 6. The first kappa shape index (κ1) is 21.0. The summed E-state index contributed by atoms with van der Waals surface area (Å²) >= 11 is 0. The van der Waals surface area contributed by atoms with Crippen LogP contribution >= 0.6 is 0 Å². The highest BCUT2D eigenvalue weighted by Crippen LogP contribution is 2.22. The van der Waals surface area contributed by atoms with Crippen LogP contribution in [0.15, 0.2) is 24.3 Å². The minimum atomic E-state index is -0.989. The molecule has 0 bridgehead atoms. The maximum atomic E-state index is 11.6. The van der Waals surface area contributed by atoms with Gasteiger partial charge in [0.1, 0.15) is 5.75 Å². The summed E-state index contributed by atoms with van der Waals surface area (Å²) in [5.41, 5.74) is 1.27. The molecule has 2 unspecified atom stereocenters. The Hall–Kier alpha value is -2.08. The van der Waals surface area contributed by atoms with Crippen LogP contribution < -0.4 is 4.74 Å². The first-order valence-electron chi connectivity index (χ1n) is 8.46. The van der Waals surface area contributed by atoms with Gasteiger partial charge in [-0.05, 0) is 43.4 Å². The molecule has 1 aromatic carbocycles. The molecule has 0 aliphatic rings. The molecule has 0 saturated carbocycles. The molecule has 0 saturated heterocycles. The molecule has 1 rings (SSSR count). The average molecular weight is 352 g/mol. The third-order valence-electron chi connectivity index (χ3n) is 4.09. The smallest absolute Gasteiger partial charge is 0.320 e. The Morgan fingerprint density at radius 1 is 1.00 bits per heavy atom. The lowest BCUT2D eigenvalue weighted by Gasteiger charge is -2.18. The van der Waals surface area contributed by atoms with Crippen molar-refractivity contribution < 1.29 is 28.5 Å². The fourth-order valence-corrected chi connectivity index (χ4v) is 2.30. The monoisotopic (exact) mass is 352 g/mol. The lowest BCUT2D eigenvalue weighted by Crippen LogP contribution is -2.29. The van der Waals surface area contributed by atoms with Crippen LogP contribution in [0, 0.1) is 5.92 Å². The number of hydrogen-bond donors (Lipinski definition) is 0. The predicted molar refractivity (Wildman–Crippen MR) is 93.3 cm³/mol. The number of carbonyl (C=O) groups is 2. The minimum absolute atomic E-state index is 0.167. The normalized spacial score (nSPS) is 13.2. The molecule has 0 aromatic heterocycles. The van der Waals surface area contributed by atoms with Crippen LogP contribution in [0.1, 0.15) is 45.1 Å². The van der Waals surface area contributed by atoms with Gasteiger partial charge in [-0.2, -0.15) is 0 Å². The zero-order valence-corrected chi connectivity index (χ0v) is 15.6. The molecule has 0 aliphatic carbocycles. The van der Waals surface area contributed by atoms with E-state index in [0.717, 1.165) is 6.42 Å². The van der Waals surface area contributed by atoms with Gasteiger partial charge in [0.15, 0.2) is 12.2 Å². The largest absolute Gasteiger partial charge is 0.468 e. The first-order valence-corrected chi connectivity index (χ1v) is 8.46. The van der Waals surface area contributed by atoms with Crippen LogP contribution in [-0.4, -0.2) is 39.1 Å². The summed E-state index contributed by atoms with van der Waals surface area (Å²) in [4.78, 5) is 23.2. The molecule has 0 heterocycles. The lowest BCUT2D eigenvalue weighted by molar-refractivity contribution is -0.160. The fourth-order valence-electron chi connectivity index (χ4n) is 2.30. The number of rotatable bonds is 10. The van der Waals surface area contributed by atoms with Gasteiger partial charge < -0.3 is 18.9 Å². The van der Waals surface area contributed by atoms with E-state index >= 15 is 0 Å². The predicted octanol–water partition coefficient (Wildman–Crippen LogP) is 3.29. The summed E-state index contributed by atoms with van der Waals surface area (Å²) in [6.45, 7) is 6.26. The van der Waals surface area contributed by atoms with Gasteiger partial charge in [0, 0.05) is 0 Å². The Kier molecular flexibility index (Phi) is 8.99. The molecule has 1 aromatic rings. The highest BCUT2D eigenvalue weighted by molar-refractivity contribution is 5.94. The van der Waals surface area contributed by atoms with Gasteiger partial charge in [0.05, 0.1) is 20.8 Å². The number of esters is 2. The number of carbonyl (C=O) groups excluding carboxylic acids is 2. The Balaban J connectivity index is 2.47. The highest BCUT2D eigenvalue weighted by Gasteiger charge is 2.28. The van der Waals surface area contributed by atoms with Gasteiger partial charge in [-0.1, -0.05) is 26.0 Å². The SMILES string of the molecule is CCC(C)c1ccc(OC(C)OCCC(C(=O)OC)C(=O)OC)cc1. The van der Waals surface area contributed by atoms with Gasteiger partial charge in [0.25, 0.3) is 0 Å². The number of ether oxygens (including phenoxy) is 4. The van der Waals surface area contributed by atoms with Gasteiger partial charge in [-0.25, -0.2) is 0 Å². The summed E-state index contributed by atoms with van der Waals surface area (Å²) in [6.07, 6.45) is 0.742. The molecule has 0 spiro atoms. The van der Waals surface area contributed by atoms with Crippen molar-refractivity contribution in [3.8, 4) is 5.75 Å². The maximum Gasteiger partial charge on any atom is 0.320 e. The third kappa shape index (κ3) is 6.74. The van der Waals surface area contributed by atoms with E-state index < -0.39 is 24.1 Å². The quantitative estimate of drug-likeness (QED) is 0.365. The van der Waals surface area contributed by atoms with E-state index in [-0.39, 0.29) is 13.0 Å². The van der Waals surface area contributed by atoms with E-state index in [4.69, 9.17) is 9.47 Å². The molecular formula is C19H28O6. The lowest BCUT2D eigenvalue weighted by atomic mass is 9.99. The zero-order valence-electron chi connectivity index (χ0n) is 15.6. The van der Waals surface area contributed by atoms with Gasteiger partial charge in [0.2, 0.25) is 0 Å². The van der Waals surface area contributed by atoms with Crippen molar-refractivity contribution in [2.45, 2.75) is 45.8 Å². The molecule has 25 heavy (non-hydrogen) atoms. The van der Waals surface area contributed by atoms with Crippen molar-refractivity contribution >= 4 is 11.9 Å². The first-order chi connectivity index (χ1) is 11.9. The van der Waals surface area contributed by atoms with Crippen LogP contribution in [0.3, 0.4) is 0 Å². The van der Waals surface area contributed by atoms with E-state index in [2.05, 4.69) is 23.3 Å². The van der Waals surface area contributed by atoms with Crippen LogP contribution in [-0.2, 0) is 23.8 Å². The molecule has 2 atom stereocenters. The Bertz CT molecular complexity index is 523. The van der Waals surface area contributed by atoms with E-state index in [1.165, 1.54) is 19.8 Å². The van der Waals surface area contributed by atoms with Crippen LogP contribution in [0.4, 0.5) is 0 Å². The fraction of sp³-hybridized carbons (Fsp3) is 0.579. The van der Waals surface area contributed by atoms with E-state index in [1.54, 1.807) is 6.92 Å². The Labute approximate surface area is 149 Å². The van der Waals surface area contributed by atoms with Crippen LogP contribution in [0.25, 0.3) is 0 Å². The number of benzene rings is 1. The summed E-state index contributed by atoms with van der Waals surface area (Å²) in [6, 6.07) is 7.90. The molecule has 0 fully saturated rings. The summed E-state index contributed by atoms with van der Waals surface area (Å²) in [5.74, 6) is -1.04. The van der Waals surface area contributed by atoms with Crippen LogP contribution in [0.2, 0.25) is 0 Å². The Morgan fingerprint density at radius 2 is 1.56 bits per heavy atom. The Morgan fingerprint density at radius 3 is 2.04 bits per heavy atom. The molecular weight excluding hydrogens is 324 g/mol. The maximum absolute atomic E-state index is 11.6. The number of methoxy groups -OCH3 is 2. The summed E-state index contributed by atoms with van der Waals surface area (Å²) in [7, 11) is 2.46. The van der Waals surface area contributed by atoms with Crippen molar-refractivity contribution in [2.24, 2.45) is 5.92 Å². The van der Waals surface area contributed by atoms with Crippen LogP contribution in [0.5, 0.6) is 5.75 Å². The molecule has 0 amide bonds. The third-order valence-corrected chi connectivity index (χ3v) is 4.09. The second-order valence-corrected chi connectivity index (χ2v) is 5.82. The topological polar surface area (TPSA) is 71.1 Å². The minimum Gasteiger partial charge on any atom is -0.468 e. The second-order valence-electron chi connectivity index (χ2n) is 5.82.